The van der Waals surface area contributed by atoms with Gasteiger partial charge in [-0.15, -0.1) is 11.3 Å². The van der Waals surface area contributed by atoms with Crippen molar-refractivity contribution in [1.82, 2.24) is 4.98 Å². The molecule has 0 spiro atoms. The highest BCUT2D eigenvalue weighted by molar-refractivity contribution is 7.14. The van der Waals surface area contributed by atoms with E-state index >= 15 is 0 Å². The van der Waals surface area contributed by atoms with E-state index in [1.54, 1.807) is 18.2 Å². The molecule has 0 atom stereocenters. The maximum Gasteiger partial charge on any atom is 0.255 e. The van der Waals surface area contributed by atoms with E-state index in [0.717, 1.165) is 11.1 Å². The third kappa shape index (κ3) is 4.27. The van der Waals surface area contributed by atoms with Crippen LogP contribution in [0, 0.1) is 5.82 Å². The molecule has 1 amide bonds. The highest BCUT2D eigenvalue weighted by atomic mass is 35.5. The lowest BCUT2D eigenvalue weighted by atomic mass is 10.2. The second-order valence-corrected chi connectivity index (χ2v) is 6.78. The van der Waals surface area contributed by atoms with Gasteiger partial charge in [0.15, 0.2) is 5.13 Å². The number of hydrogen-bond acceptors (Lipinski definition) is 4. The molecule has 26 heavy (non-hydrogen) atoms. The van der Waals surface area contributed by atoms with Crippen LogP contribution in [-0.4, -0.2) is 24.6 Å². The second-order valence-electron chi connectivity index (χ2n) is 5.53. The lowest BCUT2D eigenvalue weighted by Crippen LogP contribution is -2.33. The molecule has 0 aliphatic heterocycles. The van der Waals surface area contributed by atoms with Gasteiger partial charge in [-0.2, -0.15) is 0 Å². The third-order valence-electron chi connectivity index (χ3n) is 3.70. The van der Waals surface area contributed by atoms with Gasteiger partial charge in [0.2, 0.25) is 0 Å². The summed E-state index contributed by atoms with van der Waals surface area (Å²) in [7, 11) is 1.46. The molecule has 0 saturated heterocycles. The Morgan fingerprint density at radius 1 is 1.23 bits per heavy atom. The standard InChI is InChI=1S/C19H16ClFN2O2S/c1-25-11-18(24)23(10-13-6-8-14(21)9-7-13)19-22-17(12-26-19)15-4-2-3-5-16(15)20/h2-9,12H,10-11H2,1H3. The number of thiazole rings is 1. The van der Waals surface area contributed by atoms with E-state index in [9.17, 15) is 9.18 Å². The van der Waals surface area contributed by atoms with Gasteiger partial charge in [-0.25, -0.2) is 9.37 Å². The van der Waals surface area contributed by atoms with E-state index in [4.69, 9.17) is 16.3 Å². The summed E-state index contributed by atoms with van der Waals surface area (Å²) in [5, 5.41) is 2.98. The van der Waals surface area contributed by atoms with Crippen molar-refractivity contribution in [3.63, 3.8) is 0 Å². The molecule has 0 aliphatic rings. The molecule has 0 radical (unpaired) electrons. The minimum absolute atomic E-state index is 0.0673. The number of anilines is 1. The molecule has 0 N–H and O–H groups in total. The third-order valence-corrected chi connectivity index (χ3v) is 4.89. The summed E-state index contributed by atoms with van der Waals surface area (Å²) in [5.74, 6) is -0.546. The maximum absolute atomic E-state index is 13.1. The van der Waals surface area contributed by atoms with Crippen LogP contribution in [0.5, 0.6) is 0 Å². The van der Waals surface area contributed by atoms with E-state index in [1.807, 2.05) is 23.6 Å². The van der Waals surface area contributed by atoms with Crippen molar-refractivity contribution in [2.24, 2.45) is 0 Å². The van der Waals surface area contributed by atoms with E-state index in [-0.39, 0.29) is 24.9 Å². The molecule has 1 heterocycles. The number of aromatic nitrogens is 1. The molecule has 2 aromatic carbocycles. The van der Waals surface area contributed by atoms with Gasteiger partial charge in [0.05, 0.1) is 12.2 Å². The Morgan fingerprint density at radius 3 is 2.65 bits per heavy atom. The monoisotopic (exact) mass is 390 g/mol. The molecule has 134 valence electrons. The average molecular weight is 391 g/mol. The number of halogens is 2. The van der Waals surface area contributed by atoms with Crippen molar-refractivity contribution in [3.8, 4) is 11.3 Å². The maximum atomic E-state index is 13.1. The van der Waals surface area contributed by atoms with Gasteiger partial charge >= 0.3 is 0 Å². The highest BCUT2D eigenvalue weighted by Crippen LogP contribution is 2.32. The van der Waals surface area contributed by atoms with Crippen molar-refractivity contribution in [2.45, 2.75) is 6.54 Å². The van der Waals surface area contributed by atoms with Crippen molar-refractivity contribution in [1.29, 1.82) is 0 Å². The van der Waals surface area contributed by atoms with E-state index in [0.29, 0.717) is 15.8 Å². The Labute approximate surface area is 159 Å². The predicted octanol–water partition coefficient (Wildman–Crippen LogP) is 4.78. The average Bonchev–Trinajstić information content (AvgIpc) is 3.11. The van der Waals surface area contributed by atoms with Crippen LogP contribution in [-0.2, 0) is 16.1 Å². The number of methoxy groups -OCH3 is 1. The Bertz CT molecular complexity index is 899. The minimum Gasteiger partial charge on any atom is -0.375 e. The zero-order valence-electron chi connectivity index (χ0n) is 14.0. The number of carbonyl (C=O) groups excluding carboxylic acids is 1. The Balaban J connectivity index is 1.91. The Morgan fingerprint density at radius 2 is 1.96 bits per heavy atom. The first-order valence-corrected chi connectivity index (χ1v) is 9.08. The van der Waals surface area contributed by atoms with Gasteiger partial charge in [0, 0.05) is 23.1 Å². The summed E-state index contributed by atoms with van der Waals surface area (Å²) >= 11 is 7.58. The highest BCUT2D eigenvalue weighted by Gasteiger charge is 2.20. The molecule has 0 fully saturated rings. The van der Waals surface area contributed by atoms with Crippen molar-refractivity contribution < 1.29 is 13.9 Å². The number of hydrogen-bond donors (Lipinski definition) is 0. The Kier molecular flexibility index (Phi) is 5.98. The number of benzene rings is 2. The van der Waals surface area contributed by atoms with Crippen LogP contribution in [0.4, 0.5) is 9.52 Å². The summed E-state index contributed by atoms with van der Waals surface area (Å²) in [4.78, 5) is 18.6. The molecule has 0 aliphatic carbocycles. The fourth-order valence-corrected chi connectivity index (χ4v) is 3.49. The fraction of sp³-hybridized carbons (Fsp3) is 0.158. The summed E-state index contributed by atoms with van der Waals surface area (Å²) in [6.45, 7) is 0.208. The molecule has 1 aromatic heterocycles. The zero-order valence-corrected chi connectivity index (χ0v) is 15.6. The van der Waals surface area contributed by atoms with Gasteiger partial charge in [-0.3, -0.25) is 9.69 Å². The van der Waals surface area contributed by atoms with Crippen LogP contribution >= 0.6 is 22.9 Å². The summed E-state index contributed by atoms with van der Waals surface area (Å²) in [6.07, 6.45) is 0. The van der Waals surface area contributed by atoms with Gasteiger partial charge in [-0.05, 0) is 23.8 Å². The van der Waals surface area contributed by atoms with Gasteiger partial charge in [0.1, 0.15) is 12.4 Å². The Hall–Kier alpha value is -2.28. The molecule has 0 unspecified atom stereocenters. The summed E-state index contributed by atoms with van der Waals surface area (Å²) in [6, 6.07) is 13.4. The molecular weight excluding hydrogens is 375 g/mol. The fourth-order valence-electron chi connectivity index (χ4n) is 2.42. The molecule has 3 rings (SSSR count). The van der Waals surface area contributed by atoms with E-state index in [1.165, 1.54) is 35.5 Å². The van der Waals surface area contributed by atoms with Crippen LogP contribution < -0.4 is 4.90 Å². The first kappa shape index (κ1) is 18.5. The number of rotatable bonds is 6. The van der Waals surface area contributed by atoms with Crippen molar-refractivity contribution in [3.05, 3.63) is 70.3 Å². The van der Waals surface area contributed by atoms with Crippen LogP contribution in [0.25, 0.3) is 11.3 Å². The summed E-state index contributed by atoms with van der Waals surface area (Å²) in [5.41, 5.74) is 2.30. The van der Waals surface area contributed by atoms with Crippen molar-refractivity contribution >= 4 is 34.0 Å². The first-order valence-electron chi connectivity index (χ1n) is 7.82. The number of amides is 1. The van der Waals surface area contributed by atoms with Crippen LogP contribution in [0.3, 0.4) is 0 Å². The molecular formula is C19H16ClFN2O2S. The molecule has 0 bridgehead atoms. The van der Waals surface area contributed by atoms with Gasteiger partial charge < -0.3 is 4.74 Å². The quantitative estimate of drug-likeness (QED) is 0.608. The lowest BCUT2D eigenvalue weighted by Gasteiger charge is -2.19. The number of carbonyl (C=O) groups is 1. The summed E-state index contributed by atoms with van der Waals surface area (Å²) < 4.78 is 18.1. The molecule has 7 heteroatoms. The largest absolute Gasteiger partial charge is 0.375 e. The topological polar surface area (TPSA) is 42.4 Å². The second kappa shape index (κ2) is 8.40. The van der Waals surface area contributed by atoms with Gasteiger partial charge in [0.25, 0.3) is 5.91 Å². The van der Waals surface area contributed by atoms with Gasteiger partial charge in [-0.1, -0.05) is 41.9 Å². The number of nitrogens with zero attached hydrogens (tertiary/aromatic N) is 2. The lowest BCUT2D eigenvalue weighted by molar-refractivity contribution is -0.122. The molecule has 4 nitrogen and oxygen atoms in total. The minimum atomic E-state index is -0.321. The molecule has 0 saturated carbocycles. The van der Waals surface area contributed by atoms with E-state index < -0.39 is 0 Å². The van der Waals surface area contributed by atoms with E-state index in [2.05, 4.69) is 4.98 Å². The van der Waals surface area contributed by atoms with Crippen molar-refractivity contribution in [2.75, 3.05) is 18.6 Å². The normalized spacial score (nSPS) is 10.7. The number of ether oxygens (including phenoxy) is 1. The van der Waals surface area contributed by atoms with Crippen LogP contribution in [0.15, 0.2) is 53.9 Å². The smallest absolute Gasteiger partial charge is 0.255 e. The van der Waals surface area contributed by atoms with Crippen LogP contribution in [0.1, 0.15) is 5.56 Å². The first-order chi connectivity index (χ1) is 12.6. The molecule has 3 aromatic rings. The predicted molar refractivity (Wildman–Crippen MR) is 102 cm³/mol. The zero-order chi connectivity index (χ0) is 18.5. The van der Waals surface area contributed by atoms with Crippen LogP contribution in [0.2, 0.25) is 5.02 Å². The SMILES string of the molecule is COCC(=O)N(Cc1ccc(F)cc1)c1nc(-c2ccccc2Cl)cs1.